The third-order valence-electron chi connectivity index (χ3n) is 6.73. The maximum atomic E-state index is 12.3. The predicted octanol–water partition coefficient (Wildman–Crippen LogP) is 8.33. The molecule has 0 unspecified atom stereocenters. The van der Waals surface area contributed by atoms with Crippen LogP contribution in [0.3, 0.4) is 0 Å². The van der Waals surface area contributed by atoms with Crippen LogP contribution < -0.4 is 15.4 Å². The fourth-order valence-corrected chi connectivity index (χ4v) is 4.64. The number of para-hydroxylation sites is 1. The third kappa shape index (κ3) is 8.35. The zero-order chi connectivity index (χ0) is 30.1. The maximum absolute atomic E-state index is 12.3. The van der Waals surface area contributed by atoms with Gasteiger partial charge in [0.25, 0.3) is 0 Å². The van der Waals surface area contributed by atoms with E-state index in [9.17, 15) is 9.59 Å². The Hall–Kier alpha value is -4.33. The predicted molar refractivity (Wildman–Crippen MR) is 168 cm³/mol. The molecule has 0 aliphatic rings. The second-order valence-electron chi connectivity index (χ2n) is 11.4. The highest BCUT2D eigenvalue weighted by molar-refractivity contribution is 5.92. The van der Waals surface area contributed by atoms with Crippen LogP contribution in [0.25, 0.3) is 22.2 Å². The molecule has 4 rings (SSSR count). The van der Waals surface area contributed by atoms with Gasteiger partial charge >= 0.3 is 12.2 Å². The number of hydrogen-bond donors (Lipinski definition) is 2. The van der Waals surface area contributed by atoms with Crippen molar-refractivity contribution < 1.29 is 19.1 Å². The molecule has 0 aliphatic heterocycles. The molecule has 0 aliphatic carbocycles. The highest BCUT2D eigenvalue weighted by Gasteiger charge is 2.20. The molecule has 0 saturated heterocycles. The molecule has 0 spiro atoms. The third-order valence-corrected chi connectivity index (χ3v) is 6.73. The van der Waals surface area contributed by atoms with Crippen LogP contribution >= 0.6 is 0 Å². The van der Waals surface area contributed by atoms with Crippen LogP contribution in [0.5, 0.6) is 5.75 Å². The normalized spacial score (nSPS) is 11.4. The number of amides is 2. The van der Waals surface area contributed by atoms with Crippen molar-refractivity contribution in [3.63, 3.8) is 0 Å². The van der Waals surface area contributed by atoms with Gasteiger partial charge in [-0.15, -0.1) is 0 Å². The lowest BCUT2D eigenvalue weighted by Gasteiger charge is -2.19. The van der Waals surface area contributed by atoms with Crippen LogP contribution in [0.15, 0.2) is 66.7 Å². The molecule has 2 N–H and O–H groups in total. The number of nitrogens with zero attached hydrogens (tertiary/aromatic N) is 2. The Kier molecular flexibility index (Phi) is 10.2. The number of aromatic nitrogens is 2. The minimum atomic E-state index is -0.728. The Morgan fingerprint density at radius 1 is 0.929 bits per heavy atom. The molecule has 0 fully saturated rings. The molecule has 1 heterocycles. The summed E-state index contributed by atoms with van der Waals surface area (Å²) in [6.45, 7) is 11.0. The Labute approximate surface area is 248 Å². The molecule has 222 valence electrons. The van der Waals surface area contributed by atoms with Gasteiger partial charge in [0.2, 0.25) is 0 Å². The summed E-state index contributed by atoms with van der Waals surface area (Å²) in [4.78, 5) is 29.5. The van der Waals surface area contributed by atoms with Crippen molar-refractivity contribution in [3.8, 4) is 16.9 Å². The van der Waals surface area contributed by atoms with E-state index in [1.54, 1.807) is 26.8 Å². The fraction of sp³-hybridized carbons (Fsp3) is 0.382. The van der Waals surface area contributed by atoms with Gasteiger partial charge in [0.15, 0.2) is 0 Å². The summed E-state index contributed by atoms with van der Waals surface area (Å²) in [6.07, 6.45) is 4.25. The quantitative estimate of drug-likeness (QED) is 0.107. The van der Waals surface area contributed by atoms with Crippen LogP contribution in [-0.4, -0.2) is 33.9 Å². The number of unbranched alkanes of at least 4 members (excludes halogenated alkanes) is 2. The second-order valence-corrected chi connectivity index (χ2v) is 11.4. The van der Waals surface area contributed by atoms with E-state index in [0.717, 1.165) is 71.3 Å². The first kappa shape index (κ1) is 30.6. The monoisotopic (exact) mass is 570 g/mol. The number of carbonyl (C=O) groups excluding carboxylic acids is 2. The number of imidazole rings is 1. The highest BCUT2D eigenvalue weighted by Crippen LogP contribution is 2.31. The number of ether oxygens (including phenoxy) is 2. The van der Waals surface area contributed by atoms with E-state index in [1.165, 1.54) is 0 Å². The van der Waals surface area contributed by atoms with E-state index in [1.807, 2.05) is 48.5 Å². The summed E-state index contributed by atoms with van der Waals surface area (Å²) in [6, 6.07) is 21.4. The standard InChI is InChI=1S/C34H42N4O4/c1-6-8-14-31-37-28-22-26(36-32(39)35-21-9-7-2)19-20-29(28)38(31)23-24-15-17-25(18-16-24)27-12-10-11-13-30(27)41-33(40)42-34(3,4)5/h10-13,15-20,22H,6-9,14,21,23H2,1-5H3,(H2,35,36,39). The number of carbonyl (C=O) groups is 2. The van der Waals surface area contributed by atoms with Crippen molar-refractivity contribution in [3.05, 3.63) is 78.1 Å². The van der Waals surface area contributed by atoms with E-state index < -0.39 is 11.8 Å². The number of anilines is 1. The average molecular weight is 571 g/mol. The number of urea groups is 1. The van der Waals surface area contributed by atoms with E-state index in [0.29, 0.717) is 18.8 Å². The van der Waals surface area contributed by atoms with Crippen molar-refractivity contribution >= 4 is 28.9 Å². The second kappa shape index (κ2) is 14.0. The number of aryl methyl sites for hydroxylation is 1. The zero-order valence-corrected chi connectivity index (χ0v) is 25.3. The Balaban J connectivity index is 1.54. The molecule has 1 aromatic heterocycles. The van der Waals surface area contributed by atoms with Crippen molar-refractivity contribution in [2.24, 2.45) is 0 Å². The minimum absolute atomic E-state index is 0.202. The number of hydrogen-bond acceptors (Lipinski definition) is 5. The average Bonchev–Trinajstić information content (AvgIpc) is 3.28. The van der Waals surface area contributed by atoms with E-state index >= 15 is 0 Å². The van der Waals surface area contributed by atoms with Gasteiger partial charge in [-0.3, -0.25) is 0 Å². The first-order chi connectivity index (χ1) is 20.2. The molecule has 3 aromatic carbocycles. The van der Waals surface area contributed by atoms with Crippen molar-refractivity contribution in [1.29, 1.82) is 0 Å². The van der Waals surface area contributed by atoms with Crippen molar-refractivity contribution in [2.75, 3.05) is 11.9 Å². The lowest BCUT2D eigenvalue weighted by Crippen LogP contribution is -2.29. The molecule has 2 amide bonds. The fourth-order valence-electron chi connectivity index (χ4n) is 4.64. The maximum Gasteiger partial charge on any atom is 0.514 e. The Morgan fingerprint density at radius 3 is 2.38 bits per heavy atom. The van der Waals surface area contributed by atoms with E-state index in [4.69, 9.17) is 14.5 Å². The van der Waals surface area contributed by atoms with Gasteiger partial charge < -0.3 is 24.7 Å². The SMILES string of the molecule is CCCCNC(=O)Nc1ccc2c(c1)nc(CCCC)n2Cc1ccc(-c2ccccc2OC(=O)OC(C)(C)C)cc1. The molecule has 0 atom stereocenters. The molecule has 0 saturated carbocycles. The lowest BCUT2D eigenvalue weighted by atomic mass is 10.0. The first-order valence-electron chi connectivity index (χ1n) is 14.8. The van der Waals surface area contributed by atoms with Crippen LogP contribution in [0.4, 0.5) is 15.3 Å². The molecule has 4 aromatic rings. The summed E-state index contributed by atoms with van der Waals surface area (Å²) in [5.41, 5.74) is 4.84. The van der Waals surface area contributed by atoms with E-state index in [2.05, 4.69) is 41.2 Å². The van der Waals surface area contributed by atoms with Gasteiger partial charge in [-0.2, -0.15) is 0 Å². The zero-order valence-electron chi connectivity index (χ0n) is 25.3. The smallest absolute Gasteiger partial charge is 0.428 e. The van der Waals surface area contributed by atoms with Gasteiger partial charge in [-0.1, -0.05) is 69.2 Å². The molecule has 8 nitrogen and oxygen atoms in total. The van der Waals surface area contributed by atoms with Gasteiger partial charge in [0.05, 0.1) is 11.0 Å². The summed E-state index contributed by atoms with van der Waals surface area (Å²) >= 11 is 0. The topological polar surface area (TPSA) is 94.5 Å². The molecular formula is C34H42N4O4. The number of fused-ring (bicyclic) bond motifs is 1. The highest BCUT2D eigenvalue weighted by atomic mass is 16.7. The Bertz CT molecular complexity index is 1500. The van der Waals surface area contributed by atoms with Gasteiger partial charge in [-0.25, -0.2) is 14.6 Å². The largest absolute Gasteiger partial charge is 0.514 e. The van der Waals surface area contributed by atoms with Crippen molar-refractivity contribution in [1.82, 2.24) is 14.9 Å². The summed E-state index contributed by atoms with van der Waals surface area (Å²) in [5.74, 6) is 1.47. The molecular weight excluding hydrogens is 528 g/mol. The van der Waals surface area contributed by atoms with Crippen LogP contribution in [0, 0.1) is 0 Å². The summed E-state index contributed by atoms with van der Waals surface area (Å²) < 4.78 is 13.1. The van der Waals surface area contributed by atoms with Gasteiger partial charge in [0.1, 0.15) is 17.2 Å². The Morgan fingerprint density at radius 2 is 1.67 bits per heavy atom. The number of nitrogens with one attached hydrogen (secondary N) is 2. The molecule has 8 heteroatoms. The first-order valence-corrected chi connectivity index (χ1v) is 14.8. The molecule has 0 radical (unpaired) electrons. The van der Waals surface area contributed by atoms with Gasteiger partial charge in [0, 0.05) is 30.8 Å². The number of benzene rings is 3. The molecule has 42 heavy (non-hydrogen) atoms. The minimum Gasteiger partial charge on any atom is -0.428 e. The van der Waals surface area contributed by atoms with Crippen LogP contribution in [-0.2, 0) is 17.7 Å². The summed E-state index contributed by atoms with van der Waals surface area (Å²) in [5, 5.41) is 5.81. The van der Waals surface area contributed by atoms with Gasteiger partial charge in [-0.05, 0) is 69.0 Å². The summed E-state index contributed by atoms with van der Waals surface area (Å²) in [7, 11) is 0. The van der Waals surface area contributed by atoms with Crippen molar-refractivity contribution in [2.45, 2.75) is 78.9 Å². The number of rotatable bonds is 11. The molecule has 0 bridgehead atoms. The van der Waals surface area contributed by atoms with E-state index in [-0.39, 0.29) is 6.03 Å². The van der Waals surface area contributed by atoms with Crippen LogP contribution in [0.1, 0.15) is 71.7 Å². The van der Waals surface area contributed by atoms with Crippen LogP contribution in [0.2, 0.25) is 0 Å². The lowest BCUT2D eigenvalue weighted by molar-refractivity contribution is 0.0207.